The third-order valence-electron chi connectivity index (χ3n) is 4.97. The second-order valence-corrected chi connectivity index (χ2v) is 6.82. The molecular weight excluding hydrogens is 387 g/mol. The zero-order valence-corrected chi connectivity index (χ0v) is 15.4. The average molecular weight is 408 g/mol. The number of allylic oxidation sites excluding steroid dienone is 3. The lowest BCUT2D eigenvalue weighted by atomic mass is 10.1. The summed E-state index contributed by atoms with van der Waals surface area (Å²) in [7, 11) is 0. The van der Waals surface area contributed by atoms with Crippen LogP contribution in [0.25, 0.3) is 0 Å². The van der Waals surface area contributed by atoms with Crippen LogP contribution in [0.5, 0.6) is 0 Å². The Hall–Kier alpha value is -2.85. The highest BCUT2D eigenvalue weighted by Gasteiger charge is 2.45. The number of morpholine rings is 1. The van der Waals surface area contributed by atoms with E-state index in [9.17, 15) is 18.0 Å². The van der Waals surface area contributed by atoms with Gasteiger partial charge in [0.2, 0.25) is 0 Å². The number of rotatable bonds is 4. The van der Waals surface area contributed by atoms with Crippen molar-refractivity contribution in [3.63, 3.8) is 0 Å². The molecule has 0 bridgehead atoms. The van der Waals surface area contributed by atoms with Gasteiger partial charge in [0, 0.05) is 30.9 Å². The molecule has 1 aromatic rings. The van der Waals surface area contributed by atoms with Gasteiger partial charge >= 0.3 is 6.18 Å². The third kappa shape index (κ3) is 3.99. The fourth-order valence-electron chi connectivity index (χ4n) is 3.57. The Balaban J connectivity index is 1.58. The molecule has 2 atom stereocenters. The number of halogens is 3. The van der Waals surface area contributed by atoms with Gasteiger partial charge in [-0.25, -0.2) is 4.98 Å². The van der Waals surface area contributed by atoms with Crippen LogP contribution in [0, 0.1) is 0 Å². The van der Waals surface area contributed by atoms with Crippen LogP contribution in [0.4, 0.5) is 13.2 Å². The zero-order chi connectivity index (χ0) is 20.4. The molecule has 4 heterocycles. The molecule has 0 aromatic carbocycles. The molecule has 0 spiro atoms. The van der Waals surface area contributed by atoms with Gasteiger partial charge in [-0.15, -0.1) is 0 Å². The maximum atomic E-state index is 13.6. The minimum Gasteiger partial charge on any atom is -0.379 e. The summed E-state index contributed by atoms with van der Waals surface area (Å²) < 4.78 is 46.3. The molecule has 1 saturated heterocycles. The van der Waals surface area contributed by atoms with Crippen molar-refractivity contribution in [2.24, 2.45) is 0 Å². The topological polar surface area (TPSA) is 71.0 Å². The fourth-order valence-corrected chi connectivity index (χ4v) is 3.57. The van der Waals surface area contributed by atoms with Crippen LogP contribution in [0.2, 0.25) is 0 Å². The molecule has 0 aliphatic carbocycles. The third-order valence-corrected chi connectivity index (χ3v) is 4.97. The minimum atomic E-state index is -4.64. The lowest BCUT2D eigenvalue weighted by Gasteiger charge is -2.37. The van der Waals surface area contributed by atoms with Crippen LogP contribution in [0.15, 0.2) is 60.3 Å². The maximum Gasteiger partial charge on any atom is 0.413 e. The number of carbonyl (C=O) groups is 1. The molecule has 0 radical (unpaired) electrons. The van der Waals surface area contributed by atoms with E-state index in [4.69, 9.17) is 4.74 Å². The van der Waals surface area contributed by atoms with Gasteiger partial charge in [-0.2, -0.15) is 13.2 Å². The molecule has 3 N–H and O–H groups in total. The van der Waals surface area contributed by atoms with Gasteiger partial charge in [-0.05, 0) is 18.2 Å². The standard InChI is InChI=1S/C19H20F3N5O2/c20-19(21,22)16(13-4-3-6-23-12-13)25-17(28)15-14-5-1-2-7-27(14)18(24-15)26-8-10-29-11-9-26/h1-7,12,16,18,24H,8-11H2,(H,25,28)/p+1. The Morgan fingerprint density at radius 1 is 1.31 bits per heavy atom. The van der Waals surface area contributed by atoms with E-state index in [1.807, 2.05) is 11.0 Å². The largest absolute Gasteiger partial charge is 0.413 e. The molecule has 3 aliphatic heterocycles. The lowest BCUT2D eigenvalue weighted by molar-refractivity contribution is -0.379. The molecule has 2 unspecified atom stereocenters. The van der Waals surface area contributed by atoms with E-state index in [0.717, 1.165) is 0 Å². The minimum absolute atomic E-state index is 0.0717. The molecule has 4 rings (SSSR count). The van der Waals surface area contributed by atoms with Crippen LogP contribution >= 0.6 is 0 Å². The summed E-state index contributed by atoms with van der Waals surface area (Å²) in [5.74, 6) is -0.813. The molecule has 1 amide bonds. The number of aromatic amines is 1. The summed E-state index contributed by atoms with van der Waals surface area (Å²) in [6.45, 7) is 2.42. The molecule has 1 aromatic heterocycles. The first-order chi connectivity index (χ1) is 13.9. The second-order valence-electron chi connectivity index (χ2n) is 6.82. The van der Waals surface area contributed by atoms with Gasteiger partial charge in [0.25, 0.3) is 5.91 Å². The number of ether oxygens (including phenoxy) is 1. The molecular formula is C19H21F3N5O2+. The van der Waals surface area contributed by atoms with Gasteiger partial charge < -0.3 is 20.3 Å². The number of hydrogen-bond acceptors (Lipinski definition) is 5. The number of H-pyrrole nitrogens is 1. The number of hydrogen-bond donors (Lipinski definition) is 2. The summed E-state index contributed by atoms with van der Waals surface area (Å²) in [6.07, 6.45) is 4.81. The summed E-state index contributed by atoms with van der Waals surface area (Å²) in [6, 6.07) is 0.656. The van der Waals surface area contributed by atoms with Gasteiger partial charge in [0.1, 0.15) is 5.70 Å². The van der Waals surface area contributed by atoms with Crippen molar-refractivity contribution in [2.75, 3.05) is 26.3 Å². The van der Waals surface area contributed by atoms with Crippen LogP contribution in [-0.4, -0.2) is 54.5 Å². The Labute approximate surface area is 165 Å². The predicted octanol–water partition coefficient (Wildman–Crippen LogP) is 1.04. The predicted molar refractivity (Wildman–Crippen MR) is 96.4 cm³/mol. The number of pyridine rings is 1. The molecule has 7 nitrogen and oxygen atoms in total. The van der Waals surface area contributed by atoms with Crippen molar-refractivity contribution in [3.05, 3.63) is 65.9 Å². The van der Waals surface area contributed by atoms with E-state index < -0.39 is 18.1 Å². The summed E-state index contributed by atoms with van der Waals surface area (Å²) in [5.41, 5.74) is 0.566. The number of nitrogens with one attached hydrogen (secondary N) is 3. The number of aromatic nitrogens is 1. The van der Waals surface area contributed by atoms with Crippen LogP contribution in [0.3, 0.4) is 0 Å². The van der Waals surface area contributed by atoms with Gasteiger partial charge in [0.05, 0.1) is 18.9 Å². The summed E-state index contributed by atoms with van der Waals surface area (Å²) >= 11 is 0. The van der Waals surface area contributed by atoms with Crippen molar-refractivity contribution in [3.8, 4) is 0 Å². The molecule has 1 fully saturated rings. The Kier molecular flexibility index (Phi) is 5.29. The van der Waals surface area contributed by atoms with Crippen molar-refractivity contribution in [1.82, 2.24) is 20.4 Å². The summed E-state index contributed by atoms with van der Waals surface area (Å²) in [4.78, 5) is 19.4. The van der Waals surface area contributed by atoms with Crippen LogP contribution < -0.4 is 15.6 Å². The van der Waals surface area contributed by atoms with Gasteiger partial charge in [-0.3, -0.25) is 9.69 Å². The van der Waals surface area contributed by atoms with Gasteiger partial charge in [0.15, 0.2) is 24.7 Å². The van der Waals surface area contributed by atoms with Gasteiger partial charge in [-0.1, -0.05) is 6.08 Å². The highest BCUT2D eigenvalue weighted by molar-refractivity contribution is 5.95. The van der Waals surface area contributed by atoms with Crippen molar-refractivity contribution < 1.29 is 27.7 Å². The van der Waals surface area contributed by atoms with Crippen molar-refractivity contribution in [2.45, 2.75) is 18.5 Å². The average Bonchev–Trinajstić information content (AvgIpc) is 3.12. The lowest BCUT2D eigenvalue weighted by Crippen LogP contribution is -2.54. The van der Waals surface area contributed by atoms with Crippen LogP contribution in [0.1, 0.15) is 11.6 Å². The Morgan fingerprint density at radius 3 is 2.79 bits per heavy atom. The van der Waals surface area contributed by atoms with E-state index in [1.165, 1.54) is 24.5 Å². The van der Waals surface area contributed by atoms with Crippen molar-refractivity contribution in [1.29, 1.82) is 0 Å². The smallest absolute Gasteiger partial charge is 0.379 e. The highest BCUT2D eigenvalue weighted by atomic mass is 19.4. The van der Waals surface area contributed by atoms with Crippen LogP contribution in [-0.2, 0) is 9.53 Å². The number of amides is 1. The number of fused-ring (bicyclic) bond motifs is 1. The highest BCUT2D eigenvalue weighted by Crippen LogP contribution is 2.33. The number of carbonyl (C=O) groups excluding carboxylic acids is 1. The quantitative estimate of drug-likeness (QED) is 0.779. The monoisotopic (exact) mass is 408 g/mol. The maximum absolute atomic E-state index is 13.6. The van der Waals surface area contributed by atoms with E-state index >= 15 is 0 Å². The first kappa shape index (κ1) is 19.5. The SMILES string of the molecule is O=C(NC(c1ccc[nH+]c1)C(F)(F)F)C1=C2C=CC=CN2C(N2CCOCC2)N1. The Morgan fingerprint density at radius 2 is 2.10 bits per heavy atom. The van der Waals surface area contributed by atoms with E-state index in [-0.39, 0.29) is 17.6 Å². The Bertz CT molecular complexity index is 847. The molecule has 154 valence electrons. The second kappa shape index (κ2) is 7.88. The first-order valence-electron chi connectivity index (χ1n) is 9.24. The molecule has 0 saturated carbocycles. The zero-order valence-electron chi connectivity index (χ0n) is 15.4. The molecule has 3 aliphatic rings. The fraction of sp³-hybridized carbons (Fsp3) is 0.368. The molecule has 10 heteroatoms. The van der Waals surface area contributed by atoms with E-state index in [1.54, 1.807) is 18.4 Å². The summed E-state index contributed by atoms with van der Waals surface area (Å²) in [5, 5.41) is 5.24. The normalized spacial score (nSPS) is 23.0. The van der Waals surface area contributed by atoms with Crippen molar-refractivity contribution >= 4 is 5.91 Å². The molecule has 29 heavy (non-hydrogen) atoms. The van der Waals surface area contributed by atoms with E-state index in [2.05, 4.69) is 20.5 Å². The first-order valence-corrected chi connectivity index (χ1v) is 9.24. The van der Waals surface area contributed by atoms with E-state index in [0.29, 0.717) is 32.0 Å². The number of alkyl halides is 3. The number of nitrogens with zero attached hydrogens (tertiary/aromatic N) is 2.